The second kappa shape index (κ2) is 6.16. The van der Waals surface area contributed by atoms with E-state index in [1.807, 2.05) is 24.3 Å². The van der Waals surface area contributed by atoms with Crippen molar-refractivity contribution in [2.45, 2.75) is 33.1 Å². The summed E-state index contributed by atoms with van der Waals surface area (Å²) in [5.41, 5.74) is 7.27. The largest absolute Gasteiger partial charge is 0.399 e. The fourth-order valence-corrected chi connectivity index (χ4v) is 1.64. The Labute approximate surface area is 97.2 Å². The number of benzene rings is 1. The van der Waals surface area contributed by atoms with Gasteiger partial charge in [-0.3, -0.25) is 4.79 Å². The van der Waals surface area contributed by atoms with E-state index in [1.165, 1.54) is 0 Å². The van der Waals surface area contributed by atoms with Crippen LogP contribution in [0.15, 0.2) is 24.3 Å². The third-order valence-corrected chi connectivity index (χ3v) is 2.57. The second-order valence-corrected chi connectivity index (χ2v) is 3.97. The van der Waals surface area contributed by atoms with E-state index in [-0.39, 0.29) is 5.91 Å². The third-order valence-electron chi connectivity index (χ3n) is 2.57. The number of carbonyl (C=O) groups is 1. The molecule has 1 aromatic rings. The van der Waals surface area contributed by atoms with E-state index in [0.717, 1.165) is 37.2 Å². The average molecular weight is 220 g/mol. The van der Waals surface area contributed by atoms with Crippen molar-refractivity contribution in [2.24, 2.45) is 0 Å². The van der Waals surface area contributed by atoms with Crippen molar-refractivity contribution in [1.29, 1.82) is 0 Å². The number of nitrogens with zero attached hydrogens (tertiary/aromatic N) is 1. The normalized spacial score (nSPS) is 10.1. The number of carbonyl (C=O) groups excluding carboxylic acids is 1. The molecule has 1 rings (SSSR count). The quantitative estimate of drug-likeness (QED) is 0.612. The smallest absolute Gasteiger partial charge is 0.223 e. The predicted octanol–water partition coefficient (Wildman–Crippen LogP) is 2.81. The highest BCUT2D eigenvalue weighted by atomic mass is 16.2. The van der Waals surface area contributed by atoms with E-state index in [2.05, 4.69) is 6.92 Å². The van der Waals surface area contributed by atoms with Gasteiger partial charge in [0.2, 0.25) is 5.91 Å². The van der Waals surface area contributed by atoms with E-state index in [4.69, 9.17) is 5.73 Å². The van der Waals surface area contributed by atoms with Crippen molar-refractivity contribution in [3.05, 3.63) is 24.3 Å². The molecule has 3 nitrogen and oxygen atoms in total. The first kappa shape index (κ1) is 12.6. The van der Waals surface area contributed by atoms with Gasteiger partial charge >= 0.3 is 0 Å². The molecular formula is C13H20N2O. The summed E-state index contributed by atoms with van der Waals surface area (Å²) in [7, 11) is 0. The Morgan fingerprint density at radius 1 is 1.25 bits per heavy atom. The minimum Gasteiger partial charge on any atom is -0.399 e. The van der Waals surface area contributed by atoms with Gasteiger partial charge in [-0.25, -0.2) is 0 Å². The number of anilines is 2. The number of rotatable bonds is 5. The first-order chi connectivity index (χ1) is 7.65. The van der Waals surface area contributed by atoms with Crippen molar-refractivity contribution in [3.63, 3.8) is 0 Å². The molecule has 1 amide bonds. The molecule has 0 unspecified atom stereocenters. The molecule has 1 aromatic carbocycles. The van der Waals surface area contributed by atoms with Crippen LogP contribution in [0, 0.1) is 0 Å². The summed E-state index contributed by atoms with van der Waals surface area (Å²) in [4.78, 5) is 13.3. The maximum atomic E-state index is 11.5. The molecule has 0 aliphatic rings. The van der Waals surface area contributed by atoms with Gasteiger partial charge in [0, 0.05) is 24.8 Å². The first-order valence-corrected chi connectivity index (χ1v) is 5.78. The first-order valence-electron chi connectivity index (χ1n) is 5.78. The Morgan fingerprint density at radius 2 is 1.88 bits per heavy atom. The summed E-state index contributed by atoms with van der Waals surface area (Å²) in [6.45, 7) is 4.54. The number of unbranched alkanes of at least 4 members (excludes halogenated alkanes) is 2. The Morgan fingerprint density at radius 3 is 2.38 bits per heavy atom. The third kappa shape index (κ3) is 3.57. The molecule has 3 heteroatoms. The van der Waals surface area contributed by atoms with Crippen LogP contribution in [0.4, 0.5) is 11.4 Å². The SMILES string of the molecule is CCCCCN(C(C)=O)c1ccc(N)cc1. The molecule has 0 aromatic heterocycles. The van der Waals surface area contributed by atoms with Crippen LogP contribution in [0.3, 0.4) is 0 Å². The molecule has 0 radical (unpaired) electrons. The Balaban J connectivity index is 2.69. The molecule has 0 aliphatic heterocycles. The summed E-state index contributed by atoms with van der Waals surface area (Å²) >= 11 is 0. The van der Waals surface area contributed by atoms with Crippen LogP contribution in [0.1, 0.15) is 33.1 Å². The molecule has 0 atom stereocenters. The van der Waals surface area contributed by atoms with Crippen LogP contribution < -0.4 is 10.6 Å². The number of nitrogens with two attached hydrogens (primary N) is 1. The van der Waals surface area contributed by atoms with Crippen molar-refractivity contribution < 1.29 is 4.79 Å². The van der Waals surface area contributed by atoms with Gasteiger partial charge in [-0.05, 0) is 30.7 Å². The van der Waals surface area contributed by atoms with Crippen molar-refractivity contribution in [3.8, 4) is 0 Å². The predicted molar refractivity (Wildman–Crippen MR) is 68.4 cm³/mol. The summed E-state index contributed by atoms with van der Waals surface area (Å²) in [6.07, 6.45) is 3.35. The molecule has 0 spiro atoms. The van der Waals surface area contributed by atoms with E-state index in [9.17, 15) is 4.79 Å². The molecule has 16 heavy (non-hydrogen) atoms. The minimum atomic E-state index is 0.0841. The van der Waals surface area contributed by atoms with E-state index < -0.39 is 0 Å². The highest BCUT2D eigenvalue weighted by Crippen LogP contribution is 2.17. The summed E-state index contributed by atoms with van der Waals surface area (Å²) in [5.74, 6) is 0.0841. The van der Waals surface area contributed by atoms with Gasteiger partial charge in [-0.2, -0.15) is 0 Å². The fourth-order valence-electron chi connectivity index (χ4n) is 1.64. The van der Waals surface area contributed by atoms with Crippen LogP contribution in [-0.2, 0) is 4.79 Å². The van der Waals surface area contributed by atoms with Crippen LogP contribution in [0.2, 0.25) is 0 Å². The number of hydrogen-bond donors (Lipinski definition) is 1. The molecule has 0 bridgehead atoms. The average Bonchev–Trinajstić information content (AvgIpc) is 2.26. The van der Waals surface area contributed by atoms with Crippen LogP contribution >= 0.6 is 0 Å². The van der Waals surface area contributed by atoms with Crippen molar-refractivity contribution in [2.75, 3.05) is 17.2 Å². The van der Waals surface area contributed by atoms with E-state index in [1.54, 1.807) is 11.8 Å². The summed E-state index contributed by atoms with van der Waals surface area (Å²) < 4.78 is 0. The number of nitrogen functional groups attached to an aromatic ring is 1. The molecular weight excluding hydrogens is 200 g/mol. The zero-order chi connectivity index (χ0) is 12.0. The zero-order valence-electron chi connectivity index (χ0n) is 10.1. The van der Waals surface area contributed by atoms with Crippen molar-refractivity contribution >= 4 is 17.3 Å². The lowest BCUT2D eigenvalue weighted by Gasteiger charge is -2.21. The fraction of sp³-hybridized carbons (Fsp3) is 0.462. The van der Waals surface area contributed by atoms with Gasteiger partial charge in [-0.15, -0.1) is 0 Å². The monoisotopic (exact) mass is 220 g/mol. The summed E-state index contributed by atoms with van der Waals surface area (Å²) in [5, 5.41) is 0. The maximum absolute atomic E-state index is 11.5. The lowest BCUT2D eigenvalue weighted by Crippen LogP contribution is -2.29. The maximum Gasteiger partial charge on any atom is 0.223 e. The molecule has 0 aliphatic carbocycles. The van der Waals surface area contributed by atoms with Crippen LogP contribution in [0.5, 0.6) is 0 Å². The number of hydrogen-bond acceptors (Lipinski definition) is 2. The molecule has 0 saturated carbocycles. The highest BCUT2D eigenvalue weighted by Gasteiger charge is 2.10. The lowest BCUT2D eigenvalue weighted by molar-refractivity contribution is -0.116. The van der Waals surface area contributed by atoms with Gasteiger partial charge in [-0.1, -0.05) is 19.8 Å². The standard InChI is InChI=1S/C13H20N2O/c1-3-4-5-10-15(11(2)16)13-8-6-12(14)7-9-13/h6-9H,3-5,10,14H2,1-2H3. The van der Waals surface area contributed by atoms with Gasteiger partial charge in [0.25, 0.3) is 0 Å². The second-order valence-electron chi connectivity index (χ2n) is 3.97. The van der Waals surface area contributed by atoms with Crippen LogP contribution in [-0.4, -0.2) is 12.5 Å². The van der Waals surface area contributed by atoms with Crippen molar-refractivity contribution in [1.82, 2.24) is 0 Å². The van der Waals surface area contributed by atoms with E-state index in [0.29, 0.717) is 0 Å². The minimum absolute atomic E-state index is 0.0841. The number of amides is 1. The lowest BCUT2D eigenvalue weighted by atomic mass is 10.2. The van der Waals surface area contributed by atoms with Crippen LogP contribution in [0.25, 0.3) is 0 Å². The van der Waals surface area contributed by atoms with E-state index >= 15 is 0 Å². The molecule has 0 saturated heterocycles. The van der Waals surface area contributed by atoms with Gasteiger partial charge in [0.1, 0.15) is 0 Å². The zero-order valence-corrected chi connectivity index (χ0v) is 10.1. The van der Waals surface area contributed by atoms with Gasteiger partial charge in [0.05, 0.1) is 0 Å². The Bertz CT molecular complexity index is 332. The molecule has 0 heterocycles. The topological polar surface area (TPSA) is 46.3 Å². The molecule has 88 valence electrons. The Hall–Kier alpha value is -1.51. The molecule has 2 N–H and O–H groups in total. The molecule has 0 fully saturated rings. The Kier molecular flexibility index (Phi) is 4.83. The van der Waals surface area contributed by atoms with Gasteiger partial charge in [0.15, 0.2) is 0 Å². The van der Waals surface area contributed by atoms with Gasteiger partial charge < -0.3 is 10.6 Å². The highest BCUT2D eigenvalue weighted by molar-refractivity contribution is 5.91. The summed E-state index contributed by atoms with van der Waals surface area (Å²) in [6, 6.07) is 7.43.